The van der Waals surface area contributed by atoms with E-state index in [2.05, 4.69) is 15.0 Å². The molecule has 1 amide bonds. The molecule has 1 aliphatic carbocycles. The number of fused-ring (bicyclic) bond motifs is 1. The van der Waals surface area contributed by atoms with E-state index in [1.807, 2.05) is 13.0 Å². The minimum atomic E-state index is -0.429. The standard InChI is InChI=1S/C22H23N5O3S/c1-13-17-11-18(31-21(17)27(25-13)16-5-3-2-4-6-16)20(29)24-14-7-9-15(10-8-14)26-19(28)12-23-22(26)30/h7-12,16,28H,2-6H2,1H3,(H,23,30)(H,24,29). The van der Waals surface area contributed by atoms with E-state index in [0.29, 0.717) is 22.3 Å². The zero-order chi connectivity index (χ0) is 21.5. The third kappa shape index (κ3) is 3.54. The number of nitrogens with zero attached hydrogens (tertiary/aromatic N) is 3. The molecule has 3 N–H and O–H groups in total. The van der Waals surface area contributed by atoms with Gasteiger partial charge < -0.3 is 15.4 Å². The molecule has 1 aliphatic rings. The van der Waals surface area contributed by atoms with Gasteiger partial charge in [-0.15, -0.1) is 11.3 Å². The number of carbonyl (C=O) groups is 1. The first-order valence-corrected chi connectivity index (χ1v) is 11.2. The zero-order valence-corrected chi connectivity index (χ0v) is 17.9. The molecule has 1 fully saturated rings. The molecule has 0 radical (unpaired) electrons. The van der Waals surface area contributed by atoms with Gasteiger partial charge >= 0.3 is 5.69 Å². The van der Waals surface area contributed by atoms with Crippen LogP contribution < -0.4 is 11.0 Å². The smallest absolute Gasteiger partial charge is 0.333 e. The number of rotatable bonds is 4. The third-order valence-corrected chi connectivity index (χ3v) is 6.98. The molecule has 160 valence electrons. The normalized spacial score (nSPS) is 14.9. The summed E-state index contributed by atoms with van der Waals surface area (Å²) in [7, 11) is 0. The van der Waals surface area contributed by atoms with E-state index in [0.717, 1.165) is 33.3 Å². The Hall–Kier alpha value is -3.33. The highest BCUT2D eigenvalue weighted by Gasteiger charge is 2.22. The van der Waals surface area contributed by atoms with E-state index in [1.165, 1.54) is 36.8 Å². The average Bonchev–Trinajstić information content (AvgIpc) is 3.45. The van der Waals surface area contributed by atoms with Gasteiger partial charge in [-0.3, -0.25) is 9.48 Å². The van der Waals surface area contributed by atoms with Crippen molar-refractivity contribution in [2.75, 3.05) is 5.32 Å². The number of thiophene rings is 1. The molecular weight excluding hydrogens is 414 g/mol. The summed E-state index contributed by atoms with van der Waals surface area (Å²) < 4.78 is 3.28. The predicted molar refractivity (Wildman–Crippen MR) is 120 cm³/mol. The van der Waals surface area contributed by atoms with Crippen LogP contribution in [0.4, 0.5) is 5.69 Å². The van der Waals surface area contributed by atoms with Gasteiger partial charge in [-0.1, -0.05) is 19.3 Å². The van der Waals surface area contributed by atoms with Crippen molar-refractivity contribution < 1.29 is 9.90 Å². The zero-order valence-electron chi connectivity index (χ0n) is 17.1. The first kappa shape index (κ1) is 19.6. The summed E-state index contributed by atoms with van der Waals surface area (Å²) in [4.78, 5) is 28.8. The van der Waals surface area contributed by atoms with Crippen molar-refractivity contribution in [1.29, 1.82) is 0 Å². The first-order chi connectivity index (χ1) is 15.0. The number of aromatic hydroxyl groups is 1. The molecule has 3 heterocycles. The van der Waals surface area contributed by atoms with Gasteiger partial charge in [-0.05, 0) is 50.1 Å². The van der Waals surface area contributed by atoms with Crippen LogP contribution >= 0.6 is 11.3 Å². The highest BCUT2D eigenvalue weighted by molar-refractivity contribution is 7.20. The number of aromatic amines is 1. The molecule has 0 aliphatic heterocycles. The summed E-state index contributed by atoms with van der Waals surface area (Å²) in [5.41, 5.74) is 1.64. The van der Waals surface area contributed by atoms with Crippen molar-refractivity contribution in [3.8, 4) is 11.6 Å². The monoisotopic (exact) mass is 437 g/mol. The maximum atomic E-state index is 12.9. The van der Waals surface area contributed by atoms with Gasteiger partial charge in [0.15, 0.2) is 0 Å². The minimum absolute atomic E-state index is 0.172. The Morgan fingerprint density at radius 2 is 1.97 bits per heavy atom. The average molecular weight is 438 g/mol. The van der Waals surface area contributed by atoms with Crippen molar-refractivity contribution in [3.63, 3.8) is 0 Å². The maximum Gasteiger partial charge on any atom is 0.333 e. The van der Waals surface area contributed by atoms with E-state index in [9.17, 15) is 14.7 Å². The largest absolute Gasteiger partial charge is 0.493 e. The minimum Gasteiger partial charge on any atom is -0.493 e. The van der Waals surface area contributed by atoms with Gasteiger partial charge in [0.25, 0.3) is 5.91 Å². The molecule has 4 aromatic rings. The fraction of sp³-hybridized carbons (Fsp3) is 0.318. The molecule has 0 saturated heterocycles. The van der Waals surface area contributed by atoms with Crippen molar-refractivity contribution >= 4 is 33.1 Å². The summed E-state index contributed by atoms with van der Waals surface area (Å²) in [5, 5.41) is 18.5. The Balaban J connectivity index is 1.37. The molecule has 3 aromatic heterocycles. The second kappa shape index (κ2) is 7.73. The number of nitrogens with one attached hydrogen (secondary N) is 2. The molecule has 5 rings (SSSR count). The molecule has 1 saturated carbocycles. The third-order valence-electron chi connectivity index (χ3n) is 5.85. The van der Waals surface area contributed by atoms with Gasteiger partial charge in [0.2, 0.25) is 5.88 Å². The van der Waals surface area contributed by atoms with E-state index >= 15 is 0 Å². The predicted octanol–water partition coefficient (Wildman–Crippen LogP) is 4.35. The second-order valence-corrected chi connectivity index (χ2v) is 8.97. The molecule has 8 nitrogen and oxygen atoms in total. The highest BCUT2D eigenvalue weighted by Crippen LogP contribution is 2.35. The van der Waals surface area contributed by atoms with Crippen LogP contribution in [-0.2, 0) is 0 Å². The summed E-state index contributed by atoms with van der Waals surface area (Å²) in [6.45, 7) is 1.99. The molecular formula is C22H23N5O3S. The van der Waals surface area contributed by atoms with Crippen LogP contribution in [-0.4, -0.2) is 30.3 Å². The van der Waals surface area contributed by atoms with Crippen LogP contribution in [0.5, 0.6) is 5.88 Å². The summed E-state index contributed by atoms with van der Waals surface area (Å²) in [6, 6.07) is 9.08. The topological polar surface area (TPSA) is 105 Å². The van der Waals surface area contributed by atoms with Crippen molar-refractivity contribution in [2.24, 2.45) is 0 Å². The Morgan fingerprint density at radius 3 is 2.65 bits per heavy atom. The Morgan fingerprint density at radius 1 is 1.23 bits per heavy atom. The van der Waals surface area contributed by atoms with Crippen LogP contribution in [0.15, 0.2) is 41.3 Å². The van der Waals surface area contributed by atoms with Gasteiger partial charge in [-0.25, -0.2) is 9.36 Å². The number of imidazole rings is 1. The fourth-order valence-electron chi connectivity index (χ4n) is 4.25. The summed E-state index contributed by atoms with van der Waals surface area (Å²) in [5.74, 6) is -0.348. The van der Waals surface area contributed by atoms with Gasteiger partial charge in [0.05, 0.1) is 28.5 Å². The number of hydrogen-bond acceptors (Lipinski definition) is 5. The van der Waals surface area contributed by atoms with Crippen LogP contribution in [0.25, 0.3) is 15.9 Å². The number of carbonyl (C=O) groups excluding carboxylic acids is 1. The number of H-pyrrole nitrogens is 1. The second-order valence-electron chi connectivity index (χ2n) is 7.94. The molecule has 9 heteroatoms. The van der Waals surface area contributed by atoms with Crippen LogP contribution in [0.3, 0.4) is 0 Å². The van der Waals surface area contributed by atoms with Crippen LogP contribution in [0.1, 0.15) is 53.5 Å². The van der Waals surface area contributed by atoms with Crippen LogP contribution in [0.2, 0.25) is 0 Å². The Kier molecular flexibility index (Phi) is 4.90. The molecule has 0 unspecified atom stereocenters. The number of anilines is 1. The lowest BCUT2D eigenvalue weighted by Crippen LogP contribution is -2.15. The SMILES string of the molecule is Cc1nn(C2CCCCC2)c2sc(C(=O)Nc3ccc(-n4c(O)c[nH]c4=O)cc3)cc12. The molecule has 31 heavy (non-hydrogen) atoms. The molecule has 0 bridgehead atoms. The maximum absolute atomic E-state index is 12.9. The number of hydrogen-bond donors (Lipinski definition) is 3. The number of aromatic nitrogens is 4. The first-order valence-electron chi connectivity index (χ1n) is 10.4. The molecule has 0 spiro atoms. The Bertz CT molecular complexity index is 1310. The van der Waals surface area contributed by atoms with Crippen molar-refractivity contribution in [2.45, 2.75) is 45.1 Å². The quantitative estimate of drug-likeness (QED) is 0.441. The highest BCUT2D eigenvalue weighted by atomic mass is 32.1. The number of aryl methyl sites for hydroxylation is 1. The van der Waals surface area contributed by atoms with E-state index < -0.39 is 5.69 Å². The van der Waals surface area contributed by atoms with Gasteiger partial charge in [-0.2, -0.15) is 5.10 Å². The van der Waals surface area contributed by atoms with E-state index in [4.69, 9.17) is 5.10 Å². The lowest BCUT2D eigenvalue weighted by atomic mass is 9.96. The summed E-state index contributed by atoms with van der Waals surface area (Å²) >= 11 is 1.48. The van der Waals surface area contributed by atoms with E-state index in [1.54, 1.807) is 24.3 Å². The molecule has 0 atom stereocenters. The van der Waals surface area contributed by atoms with Crippen molar-refractivity contribution in [3.05, 3.63) is 57.6 Å². The van der Waals surface area contributed by atoms with E-state index in [-0.39, 0.29) is 11.8 Å². The number of amides is 1. The number of benzene rings is 1. The van der Waals surface area contributed by atoms with Crippen LogP contribution in [0, 0.1) is 6.92 Å². The lowest BCUT2D eigenvalue weighted by Gasteiger charge is -2.22. The van der Waals surface area contributed by atoms with Gasteiger partial charge in [0, 0.05) is 11.1 Å². The van der Waals surface area contributed by atoms with Gasteiger partial charge in [0.1, 0.15) is 4.83 Å². The Labute approximate surface area is 182 Å². The van der Waals surface area contributed by atoms with Crippen molar-refractivity contribution in [1.82, 2.24) is 19.3 Å². The fourth-order valence-corrected chi connectivity index (χ4v) is 5.38. The summed E-state index contributed by atoms with van der Waals surface area (Å²) in [6.07, 6.45) is 7.26. The molecule has 1 aromatic carbocycles. The lowest BCUT2D eigenvalue weighted by molar-refractivity contribution is 0.103.